The SMILES string of the molecule is CC(C)(C)C(/C=C/NC(=O)Nc1ccc(Cl)cc1)=N/Nc1cccc(CO)c1. The number of allylic oxidation sites excluding steroid dienone is 1. The van der Waals surface area contributed by atoms with Gasteiger partial charge < -0.3 is 15.7 Å². The Bertz CT molecular complexity index is 855. The average molecular weight is 401 g/mol. The third-order valence-corrected chi connectivity index (χ3v) is 3.99. The number of halogens is 1. The number of aliphatic hydroxyl groups is 1. The molecule has 0 saturated carbocycles. The zero-order chi connectivity index (χ0) is 20.6. The van der Waals surface area contributed by atoms with E-state index in [1.54, 1.807) is 36.5 Å². The van der Waals surface area contributed by atoms with Crippen molar-refractivity contribution >= 4 is 34.7 Å². The first-order valence-corrected chi connectivity index (χ1v) is 9.19. The molecule has 0 aliphatic carbocycles. The quantitative estimate of drug-likeness (QED) is 0.407. The van der Waals surface area contributed by atoms with E-state index in [4.69, 9.17) is 11.6 Å². The highest BCUT2D eigenvalue weighted by Gasteiger charge is 2.16. The van der Waals surface area contributed by atoms with Gasteiger partial charge in [0.05, 0.1) is 18.0 Å². The van der Waals surface area contributed by atoms with Crippen LogP contribution in [0.15, 0.2) is 65.9 Å². The number of hydrazone groups is 1. The molecule has 0 unspecified atom stereocenters. The molecule has 2 aromatic carbocycles. The van der Waals surface area contributed by atoms with Crippen LogP contribution in [0.2, 0.25) is 5.02 Å². The van der Waals surface area contributed by atoms with Crippen LogP contribution in [-0.4, -0.2) is 16.8 Å². The second-order valence-corrected chi connectivity index (χ2v) is 7.59. The minimum absolute atomic E-state index is 0.0298. The van der Waals surface area contributed by atoms with Gasteiger partial charge in [0.25, 0.3) is 0 Å². The van der Waals surface area contributed by atoms with Crippen molar-refractivity contribution in [2.45, 2.75) is 27.4 Å². The highest BCUT2D eigenvalue weighted by Crippen LogP contribution is 2.18. The van der Waals surface area contributed by atoms with E-state index in [-0.39, 0.29) is 18.1 Å². The van der Waals surface area contributed by atoms with Gasteiger partial charge in [-0.2, -0.15) is 5.10 Å². The molecule has 2 amide bonds. The molecule has 0 aliphatic rings. The molecule has 0 aliphatic heterocycles. The fourth-order valence-corrected chi connectivity index (χ4v) is 2.34. The third kappa shape index (κ3) is 7.06. The van der Waals surface area contributed by atoms with Crippen molar-refractivity contribution in [3.05, 3.63) is 71.4 Å². The summed E-state index contributed by atoms with van der Waals surface area (Å²) < 4.78 is 0. The molecule has 0 fully saturated rings. The number of hydrogen-bond donors (Lipinski definition) is 4. The summed E-state index contributed by atoms with van der Waals surface area (Å²) in [5.41, 5.74) is 5.71. The van der Waals surface area contributed by atoms with Crippen LogP contribution >= 0.6 is 11.6 Å². The van der Waals surface area contributed by atoms with Crippen LogP contribution in [0, 0.1) is 5.41 Å². The maximum absolute atomic E-state index is 12.0. The van der Waals surface area contributed by atoms with Gasteiger partial charge in [-0.15, -0.1) is 0 Å². The molecule has 7 heteroatoms. The van der Waals surface area contributed by atoms with Crippen molar-refractivity contribution in [2.24, 2.45) is 10.5 Å². The van der Waals surface area contributed by atoms with Crippen molar-refractivity contribution in [3.8, 4) is 0 Å². The number of carbonyl (C=O) groups is 1. The molecule has 6 nitrogen and oxygen atoms in total. The minimum Gasteiger partial charge on any atom is -0.392 e. The molecule has 0 atom stereocenters. The highest BCUT2D eigenvalue weighted by atomic mass is 35.5. The Hall–Kier alpha value is -2.83. The number of urea groups is 1. The predicted molar refractivity (Wildman–Crippen MR) is 116 cm³/mol. The summed E-state index contributed by atoms with van der Waals surface area (Å²) >= 11 is 5.83. The average Bonchev–Trinajstić information content (AvgIpc) is 2.65. The number of nitrogens with zero attached hydrogens (tertiary/aromatic N) is 1. The first-order chi connectivity index (χ1) is 13.3. The van der Waals surface area contributed by atoms with E-state index >= 15 is 0 Å². The molecule has 4 N–H and O–H groups in total. The summed E-state index contributed by atoms with van der Waals surface area (Å²) in [5, 5.41) is 19.6. The van der Waals surface area contributed by atoms with Gasteiger partial charge in [0.1, 0.15) is 0 Å². The van der Waals surface area contributed by atoms with Gasteiger partial charge >= 0.3 is 6.03 Å². The highest BCUT2D eigenvalue weighted by molar-refractivity contribution is 6.30. The Morgan fingerprint density at radius 2 is 1.86 bits per heavy atom. The van der Waals surface area contributed by atoms with Crippen LogP contribution in [-0.2, 0) is 6.61 Å². The summed E-state index contributed by atoms with van der Waals surface area (Å²) in [5.74, 6) is 0. The molecule has 0 aromatic heterocycles. The summed E-state index contributed by atoms with van der Waals surface area (Å²) in [4.78, 5) is 12.0. The standard InChI is InChI=1S/C21H25ClN4O2/c1-21(2,3)19(26-25-18-6-4-5-15(13-18)14-27)11-12-23-20(28)24-17-9-7-16(22)8-10-17/h4-13,25,27H,14H2,1-3H3,(H2,23,24,28)/b12-11+,26-19+. The van der Waals surface area contributed by atoms with E-state index in [0.717, 1.165) is 17.0 Å². The molecule has 2 rings (SSSR count). The van der Waals surface area contributed by atoms with Gasteiger partial charge in [0, 0.05) is 22.3 Å². The number of nitrogens with one attached hydrogen (secondary N) is 3. The zero-order valence-corrected chi connectivity index (χ0v) is 16.9. The van der Waals surface area contributed by atoms with E-state index in [9.17, 15) is 9.90 Å². The Morgan fingerprint density at radius 3 is 2.50 bits per heavy atom. The molecular weight excluding hydrogens is 376 g/mol. The zero-order valence-electron chi connectivity index (χ0n) is 16.2. The second-order valence-electron chi connectivity index (χ2n) is 7.16. The van der Waals surface area contributed by atoms with Crippen LogP contribution in [0.5, 0.6) is 0 Å². The topological polar surface area (TPSA) is 85.8 Å². The molecule has 0 spiro atoms. The van der Waals surface area contributed by atoms with E-state index in [0.29, 0.717) is 10.7 Å². The van der Waals surface area contributed by atoms with Gasteiger partial charge in [0.2, 0.25) is 0 Å². The van der Waals surface area contributed by atoms with Crippen LogP contribution in [0.25, 0.3) is 0 Å². The van der Waals surface area contributed by atoms with Crippen molar-refractivity contribution in [2.75, 3.05) is 10.7 Å². The molecule has 0 saturated heterocycles. The lowest BCUT2D eigenvalue weighted by Gasteiger charge is -2.19. The largest absolute Gasteiger partial charge is 0.392 e. The van der Waals surface area contributed by atoms with Crippen molar-refractivity contribution in [1.29, 1.82) is 0 Å². The van der Waals surface area contributed by atoms with E-state index < -0.39 is 0 Å². The van der Waals surface area contributed by atoms with Crippen LogP contribution in [0.3, 0.4) is 0 Å². The van der Waals surface area contributed by atoms with Crippen molar-refractivity contribution in [3.63, 3.8) is 0 Å². The van der Waals surface area contributed by atoms with Gasteiger partial charge in [-0.1, -0.05) is 44.5 Å². The first-order valence-electron chi connectivity index (χ1n) is 8.81. The monoisotopic (exact) mass is 400 g/mol. The minimum atomic E-state index is -0.365. The van der Waals surface area contributed by atoms with Crippen LogP contribution in [0.4, 0.5) is 16.2 Å². The Balaban J connectivity index is 2.00. The van der Waals surface area contributed by atoms with E-state index in [2.05, 4.69) is 21.2 Å². The summed E-state index contributed by atoms with van der Waals surface area (Å²) in [6.07, 6.45) is 3.28. The van der Waals surface area contributed by atoms with Crippen molar-refractivity contribution < 1.29 is 9.90 Å². The maximum Gasteiger partial charge on any atom is 0.323 e. The number of amides is 2. The smallest absolute Gasteiger partial charge is 0.323 e. The normalized spacial score (nSPS) is 12.1. The lowest BCUT2D eigenvalue weighted by Crippen LogP contribution is -2.25. The van der Waals surface area contributed by atoms with E-state index in [1.165, 1.54) is 0 Å². The van der Waals surface area contributed by atoms with Crippen LogP contribution in [0.1, 0.15) is 26.3 Å². The number of anilines is 2. The molecule has 148 valence electrons. The Morgan fingerprint density at radius 1 is 1.14 bits per heavy atom. The Labute approximate surface area is 170 Å². The maximum atomic E-state index is 12.0. The first kappa shape index (κ1) is 21.5. The Kier molecular flexibility index (Phi) is 7.61. The molecule has 2 aromatic rings. The fraction of sp³-hybridized carbons (Fsp3) is 0.238. The van der Waals surface area contributed by atoms with Gasteiger partial charge in [-0.3, -0.25) is 5.43 Å². The third-order valence-electron chi connectivity index (χ3n) is 3.74. The lowest BCUT2D eigenvalue weighted by molar-refractivity contribution is 0.255. The lowest BCUT2D eigenvalue weighted by atomic mass is 9.90. The fourth-order valence-electron chi connectivity index (χ4n) is 2.22. The second kappa shape index (κ2) is 9.92. The number of hydrogen-bond acceptors (Lipinski definition) is 4. The number of aliphatic hydroxyl groups excluding tert-OH is 1. The van der Waals surface area contributed by atoms with Gasteiger partial charge in [-0.05, 0) is 48.0 Å². The predicted octanol–water partition coefficient (Wildman–Crippen LogP) is 4.98. The number of benzene rings is 2. The molecule has 0 bridgehead atoms. The number of rotatable bonds is 6. The van der Waals surface area contributed by atoms with Gasteiger partial charge in [0.15, 0.2) is 0 Å². The molecule has 0 radical (unpaired) electrons. The summed E-state index contributed by atoms with van der Waals surface area (Å²) in [6, 6.07) is 13.9. The molecular formula is C21H25ClN4O2. The summed E-state index contributed by atoms with van der Waals surface area (Å²) in [7, 11) is 0. The van der Waals surface area contributed by atoms with Crippen LogP contribution < -0.4 is 16.1 Å². The van der Waals surface area contributed by atoms with Crippen molar-refractivity contribution in [1.82, 2.24) is 5.32 Å². The molecule has 28 heavy (non-hydrogen) atoms. The number of carbonyl (C=O) groups excluding carboxylic acids is 1. The summed E-state index contributed by atoms with van der Waals surface area (Å²) in [6.45, 7) is 6.04. The van der Waals surface area contributed by atoms with E-state index in [1.807, 2.05) is 45.0 Å². The molecule has 0 heterocycles. The van der Waals surface area contributed by atoms with Gasteiger partial charge in [-0.25, -0.2) is 4.79 Å².